The van der Waals surface area contributed by atoms with Gasteiger partial charge >= 0.3 is 6.03 Å². The summed E-state index contributed by atoms with van der Waals surface area (Å²) in [5.41, 5.74) is 1.57. The highest BCUT2D eigenvalue weighted by Gasteiger charge is 2.54. The molecule has 2 aliphatic carbocycles. The van der Waals surface area contributed by atoms with Crippen LogP contribution in [-0.4, -0.2) is 51.3 Å². The largest absolute Gasteiger partial charge is 0.325 e. The molecule has 1 aliphatic heterocycles. The number of sulfone groups is 1. The van der Waals surface area contributed by atoms with E-state index in [0.717, 1.165) is 51.3 Å². The molecule has 0 radical (unpaired) electrons. The Morgan fingerprint density at radius 1 is 1.08 bits per heavy atom. The first-order chi connectivity index (χ1) is 17.2. The van der Waals surface area contributed by atoms with E-state index in [1.807, 2.05) is 13.1 Å². The Bertz CT molecular complexity index is 1290. The van der Waals surface area contributed by atoms with E-state index in [0.29, 0.717) is 18.2 Å². The van der Waals surface area contributed by atoms with Crippen LogP contribution in [0, 0.1) is 17.2 Å². The Labute approximate surface area is 214 Å². The zero-order valence-electron chi connectivity index (χ0n) is 21.0. The highest BCUT2D eigenvalue weighted by atomic mass is 32.2. The highest BCUT2D eigenvalue weighted by molar-refractivity contribution is 7.90. The summed E-state index contributed by atoms with van der Waals surface area (Å²) < 4.78 is 24.1. The molecule has 1 heterocycles. The predicted octanol–water partition coefficient (Wildman–Crippen LogP) is 4.43. The Morgan fingerprint density at radius 3 is 2.33 bits per heavy atom. The number of urea groups is 1. The normalized spacial score (nSPS) is 26.8. The summed E-state index contributed by atoms with van der Waals surface area (Å²) in [6.07, 6.45) is 8.19. The number of hydrogen-bond donors (Lipinski definition) is 1. The molecule has 5 rings (SSSR count). The zero-order valence-corrected chi connectivity index (χ0v) is 21.9. The standard InChI is InChI=1S/C28H34N4O3S/c1-30-28(23-9-4-3-5-10-23)15-13-27(14-16-28)20-31(26(33)32(27)19-21-7-6-8-21)25-12-11-24(36(2,34)35)17-22(25)18-29/h3-5,9-12,17,21,30H,6-8,13-16,19-20H2,1-2H3. The molecule has 0 unspecified atom stereocenters. The summed E-state index contributed by atoms with van der Waals surface area (Å²) in [6.45, 7) is 1.26. The van der Waals surface area contributed by atoms with Crippen LogP contribution in [-0.2, 0) is 15.4 Å². The van der Waals surface area contributed by atoms with Crippen LogP contribution in [0.5, 0.6) is 0 Å². The van der Waals surface area contributed by atoms with Crippen molar-refractivity contribution in [3.8, 4) is 6.07 Å². The average Bonchev–Trinajstić information content (AvgIpc) is 3.12. The van der Waals surface area contributed by atoms with Crippen molar-refractivity contribution in [2.75, 3.05) is 31.3 Å². The van der Waals surface area contributed by atoms with Crippen molar-refractivity contribution in [3.63, 3.8) is 0 Å². The van der Waals surface area contributed by atoms with Gasteiger partial charge in [0.05, 0.1) is 28.2 Å². The van der Waals surface area contributed by atoms with Gasteiger partial charge in [-0.1, -0.05) is 36.8 Å². The summed E-state index contributed by atoms with van der Waals surface area (Å²) in [5.74, 6) is 0.527. The second-order valence-corrected chi connectivity index (χ2v) is 12.8. The third-order valence-corrected chi connectivity index (χ3v) is 9.91. The SMILES string of the molecule is CNC1(c2ccccc2)CCC2(CC1)CN(c1ccc(S(C)(=O)=O)cc1C#N)C(=O)N2CC1CCC1. The van der Waals surface area contributed by atoms with Gasteiger partial charge in [0, 0.05) is 18.3 Å². The fourth-order valence-electron chi connectivity index (χ4n) is 6.27. The van der Waals surface area contributed by atoms with Gasteiger partial charge in [-0.25, -0.2) is 13.2 Å². The van der Waals surface area contributed by atoms with Gasteiger partial charge in [0.25, 0.3) is 0 Å². The minimum Gasteiger partial charge on any atom is -0.317 e. The molecule has 36 heavy (non-hydrogen) atoms. The third kappa shape index (κ3) is 4.18. The van der Waals surface area contributed by atoms with E-state index in [2.05, 4.69) is 40.6 Å². The maximum Gasteiger partial charge on any atom is 0.325 e. The molecule has 0 atom stereocenters. The van der Waals surface area contributed by atoms with E-state index >= 15 is 0 Å². The molecule has 2 aromatic rings. The molecule has 1 saturated heterocycles. The number of carbonyl (C=O) groups is 1. The molecule has 190 valence electrons. The van der Waals surface area contributed by atoms with Crippen molar-refractivity contribution >= 4 is 21.6 Å². The third-order valence-electron chi connectivity index (χ3n) is 8.80. The smallest absolute Gasteiger partial charge is 0.317 e. The fourth-order valence-corrected chi connectivity index (χ4v) is 6.92. The maximum atomic E-state index is 13.9. The van der Waals surface area contributed by atoms with Gasteiger partial charge in [0.2, 0.25) is 0 Å². The Kier molecular flexibility index (Phi) is 6.34. The van der Waals surface area contributed by atoms with E-state index < -0.39 is 9.84 Å². The van der Waals surface area contributed by atoms with Crippen LogP contribution in [0.15, 0.2) is 53.4 Å². The van der Waals surface area contributed by atoms with Crippen LogP contribution < -0.4 is 10.2 Å². The minimum atomic E-state index is -3.45. The van der Waals surface area contributed by atoms with Crippen LogP contribution in [0.25, 0.3) is 0 Å². The Hall–Kier alpha value is -2.89. The number of rotatable bonds is 6. The van der Waals surface area contributed by atoms with E-state index in [1.165, 1.54) is 24.1 Å². The summed E-state index contributed by atoms with van der Waals surface area (Å²) in [6, 6.07) is 17.1. The number of nitriles is 1. The average molecular weight is 507 g/mol. The van der Waals surface area contributed by atoms with Gasteiger partial charge in [0.15, 0.2) is 9.84 Å². The lowest BCUT2D eigenvalue weighted by Crippen LogP contribution is -2.56. The molecule has 2 amide bonds. The lowest BCUT2D eigenvalue weighted by molar-refractivity contribution is 0.0593. The number of nitrogens with one attached hydrogen (secondary N) is 1. The molecule has 0 aromatic heterocycles. The van der Waals surface area contributed by atoms with Crippen LogP contribution in [0.4, 0.5) is 10.5 Å². The van der Waals surface area contributed by atoms with Crippen LogP contribution >= 0.6 is 0 Å². The topological polar surface area (TPSA) is 93.5 Å². The molecule has 3 fully saturated rings. The minimum absolute atomic E-state index is 0.0674. The van der Waals surface area contributed by atoms with Gasteiger partial charge in [-0.05, 0) is 75.3 Å². The molecule has 1 N–H and O–H groups in total. The van der Waals surface area contributed by atoms with Gasteiger partial charge in [-0.15, -0.1) is 0 Å². The van der Waals surface area contributed by atoms with Crippen molar-refractivity contribution in [3.05, 3.63) is 59.7 Å². The Balaban J connectivity index is 1.48. The number of anilines is 1. The van der Waals surface area contributed by atoms with Crippen molar-refractivity contribution in [1.29, 1.82) is 5.26 Å². The number of hydrogen-bond acceptors (Lipinski definition) is 5. The zero-order chi connectivity index (χ0) is 25.6. The fraction of sp³-hybridized carbons (Fsp3) is 0.500. The summed E-state index contributed by atoms with van der Waals surface area (Å²) in [7, 11) is -1.43. The van der Waals surface area contributed by atoms with Gasteiger partial charge in [-0.2, -0.15) is 5.26 Å². The maximum absolute atomic E-state index is 13.9. The molecular weight excluding hydrogens is 472 g/mol. The molecule has 2 saturated carbocycles. The number of carbonyl (C=O) groups excluding carboxylic acids is 1. The number of amides is 2. The van der Waals surface area contributed by atoms with Gasteiger partial charge < -0.3 is 10.2 Å². The molecule has 8 heteroatoms. The summed E-state index contributed by atoms with van der Waals surface area (Å²) in [4.78, 5) is 17.8. The van der Waals surface area contributed by atoms with Gasteiger partial charge in [-0.3, -0.25) is 4.90 Å². The van der Waals surface area contributed by atoms with Crippen LogP contribution in [0.2, 0.25) is 0 Å². The van der Waals surface area contributed by atoms with Crippen molar-refractivity contribution in [1.82, 2.24) is 10.2 Å². The van der Waals surface area contributed by atoms with E-state index in [-0.39, 0.29) is 27.6 Å². The first-order valence-electron chi connectivity index (χ1n) is 12.8. The van der Waals surface area contributed by atoms with Crippen molar-refractivity contribution in [2.45, 2.75) is 60.9 Å². The molecular formula is C28H34N4O3S. The number of benzene rings is 2. The second-order valence-electron chi connectivity index (χ2n) is 10.8. The predicted molar refractivity (Wildman–Crippen MR) is 139 cm³/mol. The quantitative estimate of drug-likeness (QED) is 0.626. The summed E-state index contributed by atoms with van der Waals surface area (Å²) >= 11 is 0. The lowest BCUT2D eigenvalue weighted by atomic mass is 9.68. The first kappa shape index (κ1) is 24.8. The van der Waals surface area contributed by atoms with Crippen LogP contribution in [0.1, 0.15) is 56.1 Å². The Morgan fingerprint density at radius 2 is 1.78 bits per heavy atom. The van der Waals surface area contributed by atoms with E-state index in [4.69, 9.17) is 0 Å². The van der Waals surface area contributed by atoms with Crippen molar-refractivity contribution in [2.24, 2.45) is 5.92 Å². The van der Waals surface area contributed by atoms with E-state index in [1.54, 1.807) is 11.0 Å². The van der Waals surface area contributed by atoms with Crippen LogP contribution in [0.3, 0.4) is 0 Å². The second kappa shape index (κ2) is 9.20. The highest BCUT2D eigenvalue weighted by Crippen LogP contribution is 2.48. The molecule has 2 aromatic carbocycles. The molecule has 1 spiro atoms. The summed E-state index contributed by atoms with van der Waals surface area (Å²) in [5, 5.41) is 13.4. The first-order valence-corrected chi connectivity index (χ1v) is 14.7. The monoisotopic (exact) mass is 506 g/mol. The molecule has 7 nitrogen and oxygen atoms in total. The van der Waals surface area contributed by atoms with E-state index in [9.17, 15) is 18.5 Å². The molecule has 0 bridgehead atoms. The lowest BCUT2D eigenvalue weighted by Gasteiger charge is -2.49. The van der Waals surface area contributed by atoms with Crippen molar-refractivity contribution < 1.29 is 13.2 Å². The number of nitrogens with zero attached hydrogens (tertiary/aromatic N) is 3. The van der Waals surface area contributed by atoms with Gasteiger partial charge in [0.1, 0.15) is 6.07 Å². The molecule has 3 aliphatic rings.